The molecule has 0 aliphatic heterocycles. The van der Waals surface area contributed by atoms with E-state index in [1.165, 1.54) is 186 Å². The van der Waals surface area contributed by atoms with Crippen LogP contribution >= 0.6 is 7.82 Å². The third kappa shape index (κ3) is 46.5. The normalized spacial score (nSPS) is 13.6. The largest absolute Gasteiger partial charge is 0.480 e. The Balaban J connectivity index is 4.20. The molecule has 0 amide bonds. The molecule has 0 radical (unpaired) electrons. The van der Waals surface area contributed by atoms with Gasteiger partial charge in [0.2, 0.25) is 0 Å². The molecule has 12 heteroatoms. The standard InChI is InChI=1S/C51H98NO10P/c1-3-5-7-9-11-13-15-17-19-21-23-25-27-29-31-33-35-37-39-41-43-50(54)62-47(45-60-63(57,58)61-46-48(52)51(55)56)44-59-49(53)42-40-38-36-34-32-30-28-26-24-22-20-18-16-14-12-10-8-6-4-2/h18,20,47-48H,3-17,19,21-46,52H2,1-2H3,(H,55,56)(H,57,58)/b20-18+/t47-,48+/m1/s1. The summed E-state index contributed by atoms with van der Waals surface area (Å²) in [4.78, 5) is 46.2. The zero-order valence-electron chi connectivity index (χ0n) is 40.7. The van der Waals surface area contributed by atoms with E-state index >= 15 is 0 Å². The van der Waals surface area contributed by atoms with Gasteiger partial charge in [-0.1, -0.05) is 225 Å². The third-order valence-corrected chi connectivity index (χ3v) is 12.7. The number of hydrogen-bond donors (Lipinski definition) is 3. The van der Waals surface area contributed by atoms with Crippen LogP contribution < -0.4 is 5.73 Å². The minimum absolute atomic E-state index is 0.168. The highest BCUT2D eigenvalue weighted by Crippen LogP contribution is 2.43. The maximum Gasteiger partial charge on any atom is 0.472 e. The van der Waals surface area contributed by atoms with Gasteiger partial charge in [0, 0.05) is 12.8 Å². The highest BCUT2D eigenvalue weighted by atomic mass is 31.2. The number of hydrogen-bond acceptors (Lipinski definition) is 9. The maximum absolute atomic E-state index is 12.7. The van der Waals surface area contributed by atoms with Crippen LogP contribution in [0.3, 0.4) is 0 Å². The summed E-state index contributed by atoms with van der Waals surface area (Å²) in [7, 11) is -4.72. The van der Waals surface area contributed by atoms with Gasteiger partial charge in [-0.25, -0.2) is 4.57 Å². The first kappa shape index (κ1) is 61.2. The predicted octanol–water partition coefficient (Wildman–Crippen LogP) is 14.8. The molecule has 1 unspecified atom stereocenters. The molecule has 0 saturated carbocycles. The number of unbranched alkanes of at least 4 members (excludes halogenated alkanes) is 34. The first-order chi connectivity index (χ1) is 30.6. The van der Waals surface area contributed by atoms with Crippen molar-refractivity contribution in [1.29, 1.82) is 0 Å². The van der Waals surface area contributed by atoms with Crippen LogP contribution in [-0.4, -0.2) is 59.9 Å². The quantitative estimate of drug-likeness (QED) is 0.0229. The molecule has 0 aromatic rings. The lowest BCUT2D eigenvalue weighted by Gasteiger charge is -2.20. The Hall–Kier alpha value is -1.78. The number of allylic oxidation sites excluding steroid dienone is 2. The van der Waals surface area contributed by atoms with E-state index in [1.807, 2.05) is 0 Å². The molecule has 0 aliphatic rings. The number of rotatable bonds is 50. The van der Waals surface area contributed by atoms with Gasteiger partial charge < -0.3 is 25.2 Å². The van der Waals surface area contributed by atoms with Crippen molar-refractivity contribution in [1.82, 2.24) is 0 Å². The second-order valence-electron chi connectivity index (χ2n) is 18.0. The van der Waals surface area contributed by atoms with Crippen molar-refractivity contribution in [2.24, 2.45) is 5.73 Å². The molecule has 0 aromatic carbocycles. The molecular weight excluding hydrogens is 818 g/mol. The second kappa shape index (κ2) is 46.7. The minimum atomic E-state index is -4.72. The Labute approximate surface area is 386 Å². The molecule has 0 spiro atoms. The smallest absolute Gasteiger partial charge is 0.472 e. The molecular formula is C51H98NO10P. The van der Waals surface area contributed by atoms with Gasteiger partial charge in [0.15, 0.2) is 6.10 Å². The first-order valence-corrected chi connectivity index (χ1v) is 27.7. The third-order valence-electron chi connectivity index (χ3n) is 11.8. The molecule has 63 heavy (non-hydrogen) atoms. The zero-order valence-corrected chi connectivity index (χ0v) is 41.6. The summed E-state index contributed by atoms with van der Waals surface area (Å²) in [5.41, 5.74) is 5.36. The molecule has 3 atom stereocenters. The van der Waals surface area contributed by atoms with Gasteiger partial charge in [-0.15, -0.1) is 0 Å². The van der Waals surface area contributed by atoms with Crippen LogP contribution in [0.4, 0.5) is 0 Å². The number of esters is 2. The number of carbonyl (C=O) groups excluding carboxylic acids is 2. The van der Waals surface area contributed by atoms with E-state index in [4.69, 9.17) is 24.8 Å². The topological polar surface area (TPSA) is 172 Å². The minimum Gasteiger partial charge on any atom is -0.480 e. The zero-order chi connectivity index (χ0) is 46.3. The Morgan fingerprint density at radius 2 is 0.794 bits per heavy atom. The number of carbonyl (C=O) groups is 3. The van der Waals surface area contributed by atoms with E-state index in [0.717, 1.165) is 38.5 Å². The molecule has 0 fully saturated rings. The van der Waals surface area contributed by atoms with Gasteiger partial charge in [-0.05, 0) is 38.5 Å². The lowest BCUT2D eigenvalue weighted by molar-refractivity contribution is -0.161. The van der Waals surface area contributed by atoms with Crippen LogP contribution in [0.15, 0.2) is 12.2 Å². The SMILES string of the molecule is CCCCCCCC/C=C/CCCCCCCCCCCC(=O)OC[C@H](COP(=O)(O)OC[C@H](N)C(=O)O)OC(=O)CCCCCCCCCCCCCCCCCCCCCC. The summed E-state index contributed by atoms with van der Waals surface area (Å²) in [6.45, 7) is 2.86. The summed E-state index contributed by atoms with van der Waals surface area (Å²) in [6.07, 6.45) is 49.9. The average Bonchev–Trinajstić information content (AvgIpc) is 3.26. The number of phosphoric ester groups is 1. The van der Waals surface area contributed by atoms with E-state index < -0.39 is 51.1 Å². The molecule has 4 N–H and O–H groups in total. The number of nitrogens with two attached hydrogens (primary N) is 1. The van der Waals surface area contributed by atoms with Crippen molar-refractivity contribution >= 4 is 25.7 Å². The lowest BCUT2D eigenvalue weighted by Crippen LogP contribution is -2.34. The van der Waals surface area contributed by atoms with E-state index in [1.54, 1.807) is 0 Å². The Morgan fingerprint density at radius 3 is 1.16 bits per heavy atom. The molecule has 0 aromatic heterocycles. The van der Waals surface area contributed by atoms with E-state index in [0.29, 0.717) is 12.8 Å². The fraction of sp³-hybridized carbons (Fsp3) is 0.902. The number of ether oxygens (including phenoxy) is 2. The Kier molecular flexibility index (Phi) is 45.4. The summed E-state index contributed by atoms with van der Waals surface area (Å²) in [6, 6.07) is -1.52. The summed E-state index contributed by atoms with van der Waals surface area (Å²) in [5, 5.41) is 8.92. The van der Waals surface area contributed by atoms with E-state index in [9.17, 15) is 23.8 Å². The highest BCUT2D eigenvalue weighted by Gasteiger charge is 2.28. The molecule has 11 nitrogen and oxygen atoms in total. The Bertz CT molecular complexity index is 1120. The molecule has 372 valence electrons. The number of aliphatic carboxylic acids is 1. The van der Waals surface area contributed by atoms with Gasteiger partial charge in [0.05, 0.1) is 13.2 Å². The van der Waals surface area contributed by atoms with Crippen molar-refractivity contribution in [3.63, 3.8) is 0 Å². The molecule has 0 rings (SSSR count). The van der Waals surface area contributed by atoms with Crippen LogP contribution in [0.2, 0.25) is 0 Å². The maximum atomic E-state index is 12.7. The number of carboxylic acid groups (broad SMARTS) is 1. The van der Waals surface area contributed by atoms with Crippen LogP contribution in [-0.2, 0) is 37.5 Å². The van der Waals surface area contributed by atoms with Crippen molar-refractivity contribution in [3.8, 4) is 0 Å². The summed E-state index contributed by atoms with van der Waals surface area (Å²) < 4.78 is 32.9. The van der Waals surface area contributed by atoms with Crippen molar-refractivity contribution in [2.45, 2.75) is 276 Å². The van der Waals surface area contributed by atoms with Gasteiger partial charge in [0.1, 0.15) is 12.6 Å². The van der Waals surface area contributed by atoms with Gasteiger partial charge >= 0.3 is 25.7 Å². The van der Waals surface area contributed by atoms with Crippen molar-refractivity contribution < 1.29 is 47.5 Å². The van der Waals surface area contributed by atoms with Crippen LogP contribution in [0.5, 0.6) is 0 Å². The lowest BCUT2D eigenvalue weighted by atomic mass is 10.0. The van der Waals surface area contributed by atoms with Crippen LogP contribution in [0.1, 0.15) is 264 Å². The van der Waals surface area contributed by atoms with Crippen molar-refractivity contribution in [3.05, 3.63) is 12.2 Å². The van der Waals surface area contributed by atoms with Crippen LogP contribution in [0, 0.1) is 0 Å². The monoisotopic (exact) mass is 916 g/mol. The number of phosphoric acid groups is 1. The van der Waals surface area contributed by atoms with Crippen LogP contribution in [0.25, 0.3) is 0 Å². The first-order valence-electron chi connectivity index (χ1n) is 26.2. The molecule has 0 saturated heterocycles. The summed E-state index contributed by atoms with van der Waals surface area (Å²) in [5.74, 6) is -2.36. The van der Waals surface area contributed by atoms with E-state index in [-0.39, 0.29) is 19.4 Å². The van der Waals surface area contributed by atoms with Crippen molar-refractivity contribution in [2.75, 3.05) is 19.8 Å². The van der Waals surface area contributed by atoms with E-state index in [2.05, 4.69) is 30.5 Å². The second-order valence-corrected chi connectivity index (χ2v) is 19.5. The molecule has 0 heterocycles. The predicted molar refractivity (Wildman–Crippen MR) is 259 cm³/mol. The van der Waals surface area contributed by atoms with Gasteiger partial charge in [-0.3, -0.25) is 23.4 Å². The molecule has 0 aliphatic carbocycles. The fourth-order valence-corrected chi connectivity index (χ4v) is 8.43. The Morgan fingerprint density at radius 1 is 0.476 bits per heavy atom. The van der Waals surface area contributed by atoms with Gasteiger partial charge in [-0.2, -0.15) is 0 Å². The average molecular weight is 916 g/mol. The molecule has 0 bridgehead atoms. The fourth-order valence-electron chi connectivity index (χ4n) is 7.65. The summed E-state index contributed by atoms with van der Waals surface area (Å²) >= 11 is 0. The number of carboxylic acids is 1. The van der Waals surface area contributed by atoms with Gasteiger partial charge in [0.25, 0.3) is 0 Å². The highest BCUT2D eigenvalue weighted by molar-refractivity contribution is 7.47.